The molecule has 1 atom stereocenters. The van der Waals surface area contributed by atoms with E-state index in [1.54, 1.807) is 6.20 Å². The molecule has 6 nitrogen and oxygen atoms in total. The van der Waals surface area contributed by atoms with Crippen molar-refractivity contribution < 1.29 is 18.8 Å². The average molecular weight is 306 g/mol. The van der Waals surface area contributed by atoms with Crippen LogP contribution in [0.15, 0.2) is 12.3 Å². The number of rotatable bonds is 3. The fraction of sp³-hybridized carbons (Fsp3) is 0.667. The molecular weight excluding hydrogens is 283 g/mol. The van der Waals surface area contributed by atoms with Crippen molar-refractivity contribution in [3.63, 3.8) is 0 Å². The highest BCUT2D eigenvalue weighted by atomic mass is 16.7. The van der Waals surface area contributed by atoms with Crippen LogP contribution in [-0.2, 0) is 14.0 Å². The number of hydrogen-bond donors (Lipinski definition) is 1. The lowest BCUT2D eigenvalue weighted by Gasteiger charge is -2.32. The van der Waals surface area contributed by atoms with Gasteiger partial charge in [-0.15, -0.1) is 0 Å². The van der Waals surface area contributed by atoms with Crippen molar-refractivity contribution in [1.82, 2.24) is 4.98 Å². The van der Waals surface area contributed by atoms with Gasteiger partial charge in [0.15, 0.2) is 11.6 Å². The molecule has 3 heterocycles. The van der Waals surface area contributed by atoms with Crippen LogP contribution in [0.3, 0.4) is 0 Å². The van der Waals surface area contributed by atoms with Crippen molar-refractivity contribution in [3.8, 4) is 5.75 Å². The molecule has 0 spiro atoms. The van der Waals surface area contributed by atoms with Gasteiger partial charge < -0.3 is 24.5 Å². The van der Waals surface area contributed by atoms with Gasteiger partial charge in [-0.1, -0.05) is 0 Å². The van der Waals surface area contributed by atoms with Gasteiger partial charge in [0.2, 0.25) is 0 Å². The fourth-order valence-electron chi connectivity index (χ4n) is 2.46. The predicted molar refractivity (Wildman–Crippen MR) is 84.2 cm³/mol. The first-order chi connectivity index (χ1) is 10.3. The largest absolute Gasteiger partial charge is 0.496 e. The third kappa shape index (κ3) is 2.80. The second kappa shape index (κ2) is 5.40. The molecule has 0 saturated carbocycles. The van der Waals surface area contributed by atoms with E-state index in [4.69, 9.17) is 24.5 Å². The van der Waals surface area contributed by atoms with Gasteiger partial charge >= 0.3 is 7.12 Å². The van der Waals surface area contributed by atoms with E-state index in [1.807, 2.05) is 33.8 Å². The number of ether oxygens (including phenoxy) is 2. The maximum absolute atomic E-state index is 6.03. The van der Waals surface area contributed by atoms with E-state index in [9.17, 15) is 0 Å². The minimum absolute atomic E-state index is 0.0256. The molecule has 2 aliphatic heterocycles. The van der Waals surface area contributed by atoms with Crippen LogP contribution in [0, 0.1) is 0 Å². The van der Waals surface area contributed by atoms with Gasteiger partial charge in [-0.05, 0) is 33.8 Å². The molecule has 0 aromatic carbocycles. The first-order valence-corrected chi connectivity index (χ1v) is 7.64. The molecule has 1 aromatic heterocycles. The van der Waals surface area contributed by atoms with Crippen LogP contribution in [0.25, 0.3) is 0 Å². The SMILES string of the molecule is CC1(C)OB(c2cnc(N)c(OC3CCOC3)c2)OC1(C)C. The van der Waals surface area contributed by atoms with E-state index in [2.05, 4.69) is 4.98 Å². The Balaban J connectivity index is 1.80. The number of anilines is 1. The highest BCUT2D eigenvalue weighted by Gasteiger charge is 2.52. The van der Waals surface area contributed by atoms with E-state index in [1.165, 1.54) is 0 Å². The summed E-state index contributed by atoms with van der Waals surface area (Å²) in [4.78, 5) is 4.21. The van der Waals surface area contributed by atoms with Crippen molar-refractivity contribution in [3.05, 3.63) is 12.3 Å². The third-order valence-corrected chi connectivity index (χ3v) is 4.61. The summed E-state index contributed by atoms with van der Waals surface area (Å²) >= 11 is 0. The van der Waals surface area contributed by atoms with Crippen LogP contribution in [0.2, 0.25) is 0 Å². The summed E-state index contributed by atoms with van der Waals surface area (Å²) in [6.07, 6.45) is 2.56. The molecule has 0 aliphatic carbocycles. The van der Waals surface area contributed by atoms with Crippen LogP contribution in [0.1, 0.15) is 34.1 Å². The highest BCUT2D eigenvalue weighted by molar-refractivity contribution is 6.62. The number of nitrogens with zero attached hydrogens (tertiary/aromatic N) is 1. The second-order valence-electron chi connectivity index (χ2n) is 6.84. The van der Waals surface area contributed by atoms with Crippen molar-refractivity contribution in [1.29, 1.82) is 0 Å². The van der Waals surface area contributed by atoms with Crippen molar-refractivity contribution in [2.45, 2.75) is 51.4 Å². The molecule has 7 heteroatoms. The van der Waals surface area contributed by atoms with Gasteiger partial charge in [-0.25, -0.2) is 4.98 Å². The zero-order valence-corrected chi connectivity index (χ0v) is 13.6. The van der Waals surface area contributed by atoms with E-state index >= 15 is 0 Å². The minimum Gasteiger partial charge on any atom is -0.484 e. The topological polar surface area (TPSA) is 75.8 Å². The van der Waals surface area contributed by atoms with Crippen LogP contribution in [0.5, 0.6) is 5.75 Å². The van der Waals surface area contributed by atoms with Gasteiger partial charge in [0.05, 0.1) is 24.4 Å². The van der Waals surface area contributed by atoms with Crippen LogP contribution < -0.4 is 15.9 Å². The molecule has 2 fully saturated rings. The average Bonchev–Trinajstić information content (AvgIpc) is 2.99. The Morgan fingerprint density at radius 2 is 1.95 bits per heavy atom. The zero-order chi connectivity index (χ0) is 16.0. The first-order valence-electron chi connectivity index (χ1n) is 7.64. The number of nitrogen functional groups attached to an aromatic ring is 1. The van der Waals surface area contributed by atoms with E-state index in [0.29, 0.717) is 18.2 Å². The Kier molecular flexibility index (Phi) is 3.83. The van der Waals surface area contributed by atoms with Crippen molar-refractivity contribution in [2.24, 2.45) is 0 Å². The van der Waals surface area contributed by atoms with E-state index < -0.39 is 7.12 Å². The predicted octanol–water partition coefficient (Wildman–Crippen LogP) is 1.13. The van der Waals surface area contributed by atoms with Crippen molar-refractivity contribution >= 4 is 18.4 Å². The number of hydrogen-bond acceptors (Lipinski definition) is 6. The molecule has 2 aliphatic rings. The number of pyridine rings is 1. The zero-order valence-electron chi connectivity index (χ0n) is 13.6. The summed E-state index contributed by atoms with van der Waals surface area (Å²) in [5.74, 6) is 0.926. The summed E-state index contributed by atoms with van der Waals surface area (Å²) in [5, 5.41) is 0. The van der Waals surface area contributed by atoms with E-state index in [0.717, 1.165) is 18.5 Å². The monoisotopic (exact) mass is 306 g/mol. The normalized spacial score (nSPS) is 26.4. The standard InChI is InChI=1S/C15H23BN2O4/c1-14(2)15(3,4)22-16(21-14)10-7-12(13(17)18-8-10)20-11-5-6-19-9-11/h7-8,11H,5-6,9H2,1-4H3,(H2,17,18). The molecule has 2 saturated heterocycles. The van der Waals surface area contributed by atoms with Crippen LogP contribution >= 0.6 is 0 Å². The molecule has 2 N–H and O–H groups in total. The molecule has 22 heavy (non-hydrogen) atoms. The Hall–Kier alpha value is -1.31. The minimum atomic E-state index is -0.472. The summed E-state index contributed by atoms with van der Waals surface area (Å²) in [7, 11) is -0.472. The summed E-state index contributed by atoms with van der Waals surface area (Å²) < 4.78 is 23.3. The Bertz CT molecular complexity index is 542. The Labute approximate surface area is 131 Å². The smallest absolute Gasteiger partial charge is 0.484 e. The van der Waals surface area contributed by atoms with Gasteiger partial charge in [0, 0.05) is 18.1 Å². The summed E-state index contributed by atoms with van der Waals surface area (Å²) in [5.41, 5.74) is 5.94. The summed E-state index contributed by atoms with van der Waals surface area (Å²) in [6.45, 7) is 9.38. The van der Waals surface area contributed by atoms with Gasteiger partial charge in [-0.3, -0.25) is 0 Å². The maximum atomic E-state index is 6.03. The lowest BCUT2D eigenvalue weighted by atomic mass is 9.80. The molecule has 1 aromatic rings. The Morgan fingerprint density at radius 3 is 2.55 bits per heavy atom. The van der Waals surface area contributed by atoms with Crippen LogP contribution in [0.4, 0.5) is 5.82 Å². The number of aromatic nitrogens is 1. The Morgan fingerprint density at radius 1 is 1.27 bits per heavy atom. The number of nitrogens with two attached hydrogens (primary N) is 1. The molecule has 3 rings (SSSR count). The van der Waals surface area contributed by atoms with E-state index in [-0.39, 0.29) is 17.3 Å². The first kappa shape index (κ1) is 15.6. The quantitative estimate of drug-likeness (QED) is 0.844. The third-order valence-electron chi connectivity index (χ3n) is 4.61. The highest BCUT2D eigenvalue weighted by Crippen LogP contribution is 2.36. The molecule has 0 bridgehead atoms. The van der Waals surface area contributed by atoms with Crippen LogP contribution in [-0.4, -0.2) is 42.6 Å². The fourth-order valence-corrected chi connectivity index (χ4v) is 2.46. The van der Waals surface area contributed by atoms with Gasteiger partial charge in [0.1, 0.15) is 6.10 Å². The lowest BCUT2D eigenvalue weighted by molar-refractivity contribution is 0.00578. The second-order valence-corrected chi connectivity index (χ2v) is 6.84. The van der Waals surface area contributed by atoms with Crippen molar-refractivity contribution in [2.75, 3.05) is 18.9 Å². The molecule has 0 amide bonds. The molecule has 120 valence electrons. The summed E-state index contributed by atoms with van der Waals surface area (Å²) in [6, 6.07) is 1.85. The maximum Gasteiger partial charge on any atom is 0.496 e. The molecule has 1 unspecified atom stereocenters. The van der Waals surface area contributed by atoms with Gasteiger partial charge in [-0.2, -0.15) is 0 Å². The van der Waals surface area contributed by atoms with Gasteiger partial charge in [0.25, 0.3) is 0 Å². The lowest BCUT2D eigenvalue weighted by Crippen LogP contribution is -2.41. The molecular formula is C15H23BN2O4. The molecule has 0 radical (unpaired) electrons.